The van der Waals surface area contributed by atoms with E-state index in [2.05, 4.69) is 0 Å². The summed E-state index contributed by atoms with van der Waals surface area (Å²) in [6, 6.07) is 11.0. The molecule has 0 saturated heterocycles. The first-order valence-electron chi connectivity index (χ1n) is 6.48. The second-order valence-corrected chi connectivity index (χ2v) is 5.00. The molecular weight excluding hydrogens is 270 g/mol. The average Bonchev–Trinajstić information content (AvgIpc) is 2.90. The molecule has 0 radical (unpaired) electrons. The van der Waals surface area contributed by atoms with Crippen molar-refractivity contribution in [3.05, 3.63) is 64.7 Å². The fraction of sp³-hybridized carbons (Fsp3) is 0.125. The number of rotatable bonds is 2. The first-order valence-corrected chi connectivity index (χ1v) is 6.48. The third kappa shape index (κ3) is 2.45. The summed E-state index contributed by atoms with van der Waals surface area (Å²) in [5.74, 6) is -0.994. The predicted molar refractivity (Wildman–Crippen MR) is 75.1 cm³/mol. The van der Waals surface area contributed by atoms with Crippen molar-refractivity contribution in [1.82, 2.24) is 4.90 Å². The fourth-order valence-electron chi connectivity index (χ4n) is 2.46. The van der Waals surface area contributed by atoms with E-state index >= 15 is 0 Å². The molecule has 0 aromatic heterocycles. The van der Waals surface area contributed by atoms with E-state index in [-0.39, 0.29) is 17.2 Å². The summed E-state index contributed by atoms with van der Waals surface area (Å²) < 4.78 is 0. The van der Waals surface area contributed by atoms with Crippen LogP contribution < -0.4 is 0 Å². The number of fused-ring (bicyclic) bond motifs is 1. The van der Waals surface area contributed by atoms with E-state index in [4.69, 9.17) is 5.11 Å². The van der Waals surface area contributed by atoms with Crippen LogP contribution in [0.15, 0.2) is 42.5 Å². The molecule has 0 aliphatic carbocycles. The Morgan fingerprint density at radius 2 is 1.52 bits per heavy atom. The van der Waals surface area contributed by atoms with Gasteiger partial charge in [0, 0.05) is 18.7 Å². The van der Waals surface area contributed by atoms with Crippen molar-refractivity contribution < 1.29 is 19.8 Å². The van der Waals surface area contributed by atoms with Crippen molar-refractivity contribution in [1.29, 1.82) is 0 Å². The van der Waals surface area contributed by atoms with Crippen LogP contribution in [0, 0.1) is 0 Å². The molecule has 0 fully saturated rings. The van der Waals surface area contributed by atoms with Crippen LogP contribution in [0.4, 0.5) is 0 Å². The predicted octanol–water partition coefficient (Wildman–Crippen LogP) is 2.25. The van der Waals surface area contributed by atoms with Crippen LogP contribution in [0.2, 0.25) is 0 Å². The van der Waals surface area contributed by atoms with Gasteiger partial charge in [-0.25, -0.2) is 4.79 Å². The summed E-state index contributed by atoms with van der Waals surface area (Å²) >= 11 is 0. The number of amides is 1. The lowest BCUT2D eigenvalue weighted by Crippen LogP contribution is -2.25. The van der Waals surface area contributed by atoms with Crippen molar-refractivity contribution in [3.63, 3.8) is 0 Å². The van der Waals surface area contributed by atoms with Gasteiger partial charge in [-0.1, -0.05) is 6.07 Å². The largest absolute Gasteiger partial charge is 0.508 e. The van der Waals surface area contributed by atoms with Crippen LogP contribution in [0.5, 0.6) is 5.75 Å². The zero-order chi connectivity index (χ0) is 15.0. The molecule has 21 heavy (non-hydrogen) atoms. The summed E-state index contributed by atoms with van der Waals surface area (Å²) in [5, 5.41) is 18.2. The van der Waals surface area contributed by atoms with Gasteiger partial charge in [0.1, 0.15) is 5.75 Å². The minimum Gasteiger partial charge on any atom is -0.508 e. The molecule has 3 rings (SSSR count). The lowest BCUT2D eigenvalue weighted by atomic mass is 10.1. The van der Waals surface area contributed by atoms with Crippen molar-refractivity contribution in [3.8, 4) is 5.75 Å². The SMILES string of the molecule is O=C(O)c1ccc2c(c1)CN(C(=O)c1ccc(O)cc1)C2. The van der Waals surface area contributed by atoms with Crippen LogP contribution in [-0.2, 0) is 13.1 Å². The molecule has 1 aliphatic rings. The van der Waals surface area contributed by atoms with Gasteiger partial charge in [-0.15, -0.1) is 0 Å². The maximum atomic E-state index is 12.4. The quantitative estimate of drug-likeness (QED) is 0.886. The molecule has 0 bridgehead atoms. The lowest BCUT2D eigenvalue weighted by Gasteiger charge is -2.15. The van der Waals surface area contributed by atoms with Crippen LogP contribution in [-0.4, -0.2) is 27.0 Å². The fourth-order valence-corrected chi connectivity index (χ4v) is 2.46. The molecular formula is C16H13NO4. The smallest absolute Gasteiger partial charge is 0.335 e. The van der Waals surface area contributed by atoms with Crippen molar-refractivity contribution >= 4 is 11.9 Å². The number of phenolic OH excluding ortho intramolecular Hbond substituents is 1. The maximum absolute atomic E-state index is 12.4. The summed E-state index contributed by atoms with van der Waals surface area (Å²) in [4.78, 5) is 25.0. The molecule has 1 amide bonds. The number of carbonyl (C=O) groups is 2. The summed E-state index contributed by atoms with van der Waals surface area (Å²) in [6.07, 6.45) is 0. The highest BCUT2D eigenvalue weighted by molar-refractivity contribution is 5.95. The van der Waals surface area contributed by atoms with Gasteiger partial charge in [-0.05, 0) is 47.5 Å². The Morgan fingerprint density at radius 3 is 2.19 bits per heavy atom. The van der Waals surface area contributed by atoms with Crippen molar-refractivity contribution in [2.75, 3.05) is 0 Å². The number of hydrogen-bond donors (Lipinski definition) is 2. The minimum absolute atomic E-state index is 0.113. The molecule has 5 nitrogen and oxygen atoms in total. The maximum Gasteiger partial charge on any atom is 0.335 e. The van der Waals surface area contributed by atoms with Crippen LogP contribution in [0.1, 0.15) is 31.8 Å². The Morgan fingerprint density at radius 1 is 0.905 bits per heavy atom. The topological polar surface area (TPSA) is 77.8 Å². The van der Waals surface area contributed by atoms with Crippen molar-refractivity contribution in [2.24, 2.45) is 0 Å². The van der Waals surface area contributed by atoms with Gasteiger partial charge in [0.25, 0.3) is 5.91 Å². The van der Waals surface area contributed by atoms with E-state index < -0.39 is 5.97 Å². The molecule has 0 spiro atoms. The first kappa shape index (κ1) is 13.2. The van der Waals surface area contributed by atoms with Crippen molar-refractivity contribution in [2.45, 2.75) is 13.1 Å². The number of nitrogens with zero attached hydrogens (tertiary/aromatic N) is 1. The number of carboxylic acid groups (broad SMARTS) is 1. The Kier molecular flexibility index (Phi) is 3.10. The zero-order valence-corrected chi connectivity index (χ0v) is 11.1. The standard InChI is InChI=1S/C16H13NO4/c18-14-5-3-10(4-6-14)15(19)17-8-12-2-1-11(16(20)21)7-13(12)9-17/h1-7,18H,8-9H2,(H,20,21). The molecule has 5 heteroatoms. The van der Waals surface area contributed by atoms with Gasteiger partial charge in [-0.2, -0.15) is 0 Å². The molecule has 2 aromatic carbocycles. The van der Waals surface area contributed by atoms with E-state index in [1.807, 2.05) is 0 Å². The van der Waals surface area contributed by atoms with E-state index in [0.717, 1.165) is 11.1 Å². The van der Waals surface area contributed by atoms with E-state index in [1.54, 1.807) is 35.2 Å². The van der Waals surface area contributed by atoms with E-state index in [9.17, 15) is 14.7 Å². The summed E-state index contributed by atoms with van der Waals surface area (Å²) in [7, 11) is 0. The monoisotopic (exact) mass is 283 g/mol. The molecule has 1 heterocycles. The first-order chi connectivity index (χ1) is 10.0. The van der Waals surface area contributed by atoms with Crippen LogP contribution in [0.3, 0.4) is 0 Å². The summed E-state index contributed by atoms with van der Waals surface area (Å²) in [5.41, 5.74) is 2.56. The normalized spacial score (nSPS) is 13.0. The second-order valence-electron chi connectivity index (χ2n) is 5.00. The van der Waals surface area contributed by atoms with Gasteiger partial charge < -0.3 is 15.1 Å². The van der Waals surface area contributed by atoms with E-state index in [0.29, 0.717) is 18.7 Å². The van der Waals surface area contributed by atoms with Gasteiger partial charge in [0.05, 0.1) is 5.56 Å². The van der Waals surface area contributed by atoms with E-state index in [1.165, 1.54) is 12.1 Å². The molecule has 106 valence electrons. The van der Waals surface area contributed by atoms with Gasteiger partial charge in [0.15, 0.2) is 0 Å². The minimum atomic E-state index is -0.971. The van der Waals surface area contributed by atoms with Crippen LogP contribution >= 0.6 is 0 Å². The highest BCUT2D eigenvalue weighted by Gasteiger charge is 2.25. The number of carboxylic acids is 1. The number of aromatic hydroxyl groups is 1. The number of aromatic carboxylic acids is 1. The molecule has 0 saturated carbocycles. The Balaban J connectivity index is 1.82. The molecule has 2 N–H and O–H groups in total. The number of phenols is 1. The Labute approximate surface area is 121 Å². The third-order valence-electron chi connectivity index (χ3n) is 3.58. The second kappa shape index (κ2) is 4.94. The molecule has 0 atom stereocenters. The number of benzene rings is 2. The van der Waals surface area contributed by atoms with Crippen LogP contribution in [0.25, 0.3) is 0 Å². The van der Waals surface area contributed by atoms with Gasteiger partial charge in [0.2, 0.25) is 0 Å². The number of carbonyl (C=O) groups excluding carboxylic acids is 1. The van der Waals surface area contributed by atoms with Gasteiger partial charge in [-0.3, -0.25) is 4.79 Å². The highest BCUT2D eigenvalue weighted by atomic mass is 16.4. The molecule has 1 aliphatic heterocycles. The Bertz CT molecular complexity index is 722. The lowest BCUT2D eigenvalue weighted by molar-refractivity contribution is 0.0696. The van der Waals surface area contributed by atoms with Gasteiger partial charge >= 0.3 is 5.97 Å². The highest BCUT2D eigenvalue weighted by Crippen LogP contribution is 2.25. The summed E-state index contributed by atoms with van der Waals surface area (Å²) in [6.45, 7) is 0.866. The third-order valence-corrected chi connectivity index (χ3v) is 3.58. The molecule has 0 unspecified atom stereocenters. The average molecular weight is 283 g/mol. The Hall–Kier alpha value is -2.82. The zero-order valence-electron chi connectivity index (χ0n) is 11.1. The molecule has 2 aromatic rings. The number of hydrogen-bond acceptors (Lipinski definition) is 3.